The number of aromatic nitrogens is 6. The van der Waals surface area contributed by atoms with Crippen molar-refractivity contribution in [2.75, 3.05) is 19.7 Å². The Morgan fingerprint density at radius 3 is 2.88 bits per heavy atom. The number of benzene rings is 1. The molecule has 1 aliphatic rings. The zero-order valence-corrected chi connectivity index (χ0v) is 13.5. The molecule has 1 aliphatic heterocycles. The minimum atomic E-state index is -0.105. The number of hydrogen-bond acceptors (Lipinski definition) is 6. The van der Waals surface area contributed by atoms with Gasteiger partial charge in [0.2, 0.25) is 0 Å². The van der Waals surface area contributed by atoms with Gasteiger partial charge in [-0.05, 0) is 28.6 Å². The Kier molecular flexibility index (Phi) is 4.06. The van der Waals surface area contributed by atoms with E-state index in [4.69, 9.17) is 4.74 Å². The van der Waals surface area contributed by atoms with Crippen LogP contribution in [0.5, 0.6) is 0 Å². The Morgan fingerprint density at radius 1 is 1.21 bits per heavy atom. The minimum Gasteiger partial charge on any atom is -0.367 e. The lowest BCUT2D eigenvalue weighted by molar-refractivity contribution is -0.0394. The third kappa shape index (κ3) is 2.93. The average Bonchev–Trinajstić information content (AvgIpc) is 3.25. The van der Waals surface area contributed by atoms with Gasteiger partial charge >= 0.3 is 0 Å². The summed E-state index contributed by atoms with van der Waals surface area (Å²) in [5.74, 6) is 0.760. The summed E-state index contributed by atoms with van der Waals surface area (Å²) >= 11 is 0. The molecule has 0 N–H and O–H groups in total. The molecule has 4 rings (SSSR count). The average molecular weight is 325 g/mol. The van der Waals surface area contributed by atoms with Crippen molar-refractivity contribution in [1.29, 1.82) is 0 Å². The molecule has 0 saturated carbocycles. The van der Waals surface area contributed by atoms with Gasteiger partial charge in [-0.3, -0.25) is 4.90 Å². The highest BCUT2D eigenvalue weighted by atomic mass is 16.5. The Labute approximate surface area is 139 Å². The topological polar surface area (TPSA) is 73.9 Å². The van der Waals surface area contributed by atoms with Gasteiger partial charge in [-0.2, -0.15) is 5.10 Å². The summed E-state index contributed by atoms with van der Waals surface area (Å²) in [6.45, 7) is 3.10. The molecule has 3 aromatic rings. The van der Waals surface area contributed by atoms with Crippen LogP contribution in [0, 0.1) is 0 Å². The fourth-order valence-electron chi connectivity index (χ4n) is 2.99. The van der Waals surface area contributed by atoms with Gasteiger partial charge < -0.3 is 4.74 Å². The number of hydrogen-bond donors (Lipinski definition) is 0. The van der Waals surface area contributed by atoms with Crippen LogP contribution in [0.1, 0.15) is 17.6 Å². The molecule has 1 unspecified atom stereocenters. The SMILES string of the molecule is Cn1nnnc1C1CN(Cc2ccnn2-c2ccccc2)CCO1. The van der Waals surface area contributed by atoms with Crippen molar-refractivity contribution >= 4 is 0 Å². The second-order valence-electron chi connectivity index (χ2n) is 5.83. The van der Waals surface area contributed by atoms with Gasteiger partial charge in [-0.1, -0.05) is 18.2 Å². The molecule has 1 aromatic carbocycles. The summed E-state index contributed by atoms with van der Waals surface area (Å²) < 4.78 is 9.49. The van der Waals surface area contributed by atoms with Crippen molar-refractivity contribution in [3.05, 3.63) is 54.1 Å². The number of nitrogens with zero attached hydrogens (tertiary/aromatic N) is 7. The van der Waals surface area contributed by atoms with E-state index in [0.29, 0.717) is 6.61 Å². The van der Waals surface area contributed by atoms with E-state index in [-0.39, 0.29) is 6.10 Å². The van der Waals surface area contributed by atoms with Crippen molar-refractivity contribution in [1.82, 2.24) is 34.9 Å². The van der Waals surface area contributed by atoms with Crippen molar-refractivity contribution in [2.45, 2.75) is 12.6 Å². The molecule has 24 heavy (non-hydrogen) atoms. The largest absolute Gasteiger partial charge is 0.367 e. The van der Waals surface area contributed by atoms with E-state index < -0.39 is 0 Å². The van der Waals surface area contributed by atoms with Gasteiger partial charge in [-0.25, -0.2) is 9.36 Å². The standard InChI is InChI=1S/C16H19N7O/c1-21-16(18-19-20-21)15-12-22(9-10-24-15)11-14-7-8-17-23(14)13-5-3-2-4-6-13/h2-8,15H,9-12H2,1H3. The fourth-order valence-corrected chi connectivity index (χ4v) is 2.99. The molecule has 2 aromatic heterocycles. The molecule has 124 valence electrons. The summed E-state index contributed by atoms with van der Waals surface area (Å²) in [4.78, 5) is 2.35. The highest BCUT2D eigenvalue weighted by Crippen LogP contribution is 2.21. The summed E-state index contributed by atoms with van der Waals surface area (Å²) in [5, 5.41) is 16.1. The summed E-state index contributed by atoms with van der Waals surface area (Å²) in [6, 6.07) is 12.2. The third-order valence-electron chi connectivity index (χ3n) is 4.20. The van der Waals surface area contributed by atoms with Gasteiger partial charge in [0.05, 0.1) is 18.0 Å². The lowest BCUT2D eigenvalue weighted by atomic mass is 10.2. The molecular formula is C16H19N7O. The maximum atomic E-state index is 5.84. The molecule has 0 radical (unpaired) electrons. The third-order valence-corrected chi connectivity index (χ3v) is 4.20. The highest BCUT2D eigenvalue weighted by molar-refractivity contribution is 5.32. The summed E-state index contributed by atoms with van der Waals surface area (Å²) in [7, 11) is 1.84. The van der Waals surface area contributed by atoms with E-state index in [0.717, 1.165) is 36.8 Å². The second kappa shape index (κ2) is 6.50. The molecule has 1 saturated heterocycles. The summed E-state index contributed by atoms with van der Waals surface area (Å²) in [6.07, 6.45) is 1.74. The molecule has 0 aliphatic carbocycles. The minimum absolute atomic E-state index is 0.105. The molecule has 8 nitrogen and oxygen atoms in total. The van der Waals surface area contributed by atoms with E-state index in [1.165, 1.54) is 0 Å². The second-order valence-corrected chi connectivity index (χ2v) is 5.83. The maximum Gasteiger partial charge on any atom is 0.181 e. The first-order valence-corrected chi connectivity index (χ1v) is 7.96. The van der Waals surface area contributed by atoms with Crippen LogP contribution in [0.3, 0.4) is 0 Å². The monoisotopic (exact) mass is 325 g/mol. The zero-order chi connectivity index (χ0) is 16.4. The van der Waals surface area contributed by atoms with Gasteiger partial charge in [-0.15, -0.1) is 5.10 Å². The van der Waals surface area contributed by atoms with Crippen LogP contribution in [0.2, 0.25) is 0 Å². The van der Waals surface area contributed by atoms with Crippen molar-refractivity contribution < 1.29 is 4.74 Å². The number of para-hydroxylation sites is 1. The van der Waals surface area contributed by atoms with Crippen LogP contribution in [0.25, 0.3) is 5.69 Å². The Balaban J connectivity index is 1.50. The molecular weight excluding hydrogens is 306 g/mol. The van der Waals surface area contributed by atoms with E-state index in [1.807, 2.05) is 36.1 Å². The molecule has 0 amide bonds. The van der Waals surface area contributed by atoms with E-state index in [9.17, 15) is 0 Å². The zero-order valence-electron chi connectivity index (χ0n) is 13.5. The van der Waals surface area contributed by atoms with Crippen LogP contribution in [-0.4, -0.2) is 54.6 Å². The van der Waals surface area contributed by atoms with Gasteiger partial charge in [0.1, 0.15) is 6.10 Å². The summed E-state index contributed by atoms with van der Waals surface area (Å²) in [5.41, 5.74) is 2.22. The first-order chi connectivity index (χ1) is 11.8. The van der Waals surface area contributed by atoms with E-state index in [2.05, 4.69) is 43.7 Å². The first-order valence-electron chi connectivity index (χ1n) is 7.96. The van der Waals surface area contributed by atoms with Gasteiger partial charge in [0.15, 0.2) is 5.82 Å². The predicted molar refractivity (Wildman–Crippen MR) is 86.3 cm³/mol. The van der Waals surface area contributed by atoms with E-state index in [1.54, 1.807) is 4.68 Å². The smallest absolute Gasteiger partial charge is 0.181 e. The number of aryl methyl sites for hydroxylation is 1. The van der Waals surface area contributed by atoms with Crippen LogP contribution in [0.15, 0.2) is 42.6 Å². The Morgan fingerprint density at radius 2 is 2.08 bits per heavy atom. The first kappa shape index (κ1) is 15.0. The highest BCUT2D eigenvalue weighted by Gasteiger charge is 2.26. The number of morpholine rings is 1. The fraction of sp³-hybridized carbons (Fsp3) is 0.375. The Hall–Kier alpha value is -2.58. The number of ether oxygens (including phenoxy) is 1. The number of tetrazole rings is 1. The van der Waals surface area contributed by atoms with E-state index >= 15 is 0 Å². The number of rotatable bonds is 4. The molecule has 1 atom stereocenters. The van der Waals surface area contributed by atoms with Gasteiger partial charge in [0.25, 0.3) is 0 Å². The molecule has 3 heterocycles. The maximum absolute atomic E-state index is 5.84. The van der Waals surface area contributed by atoms with Gasteiger partial charge in [0, 0.05) is 32.9 Å². The normalized spacial score (nSPS) is 18.8. The van der Waals surface area contributed by atoms with Crippen LogP contribution in [-0.2, 0) is 18.3 Å². The lowest BCUT2D eigenvalue weighted by Gasteiger charge is -2.32. The van der Waals surface area contributed by atoms with Crippen LogP contribution in [0.4, 0.5) is 0 Å². The molecule has 0 spiro atoms. The Bertz CT molecular complexity index is 798. The van der Waals surface area contributed by atoms with Crippen molar-refractivity contribution in [3.63, 3.8) is 0 Å². The van der Waals surface area contributed by atoms with Crippen molar-refractivity contribution in [2.24, 2.45) is 7.05 Å². The molecule has 1 fully saturated rings. The molecule has 0 bridgehead atoms. The predicted octanol–water partition coefficient (Wildman–Crippen LogP) is 0.969. The van der Waals surface area contributed by atoms with Crippen LogP contribution >= 0.6 is 0 Å². The molecule has 8 heteroatoms. The van der Waals surface area contributed by atoms with Crippen LogP contribution < -0.4 is 0 Å². The van der Waals surface area contributed by atoms with Crippen molar-refractivity contribution in [3.8, 4) is 5.69 Å². The lowest BCUT2D eigenvalue weighted by Crippen LogP contribution is -2.39. The quantitative estimate of drug-likeness (QED) is 0.712.